The van der Waals surface area contributed by atoms with Crippen LogP contribution in [0.5, 0.6) is 0 Å². The fraction of sp³-hybridized carbons (Fsp3) is 0.333. The summed E-state index contributed by atoms with van der Waals surface area (Å²) < 4.78 is 51.6. The van der Waals surface area contributed by atoms with Crippen molar-refractivity contribution in [2.45, 2.75) is 45.7 Å². The van der Waals surface area contributed by atoms with Crippen LogP contribution < -0.4 is 0 Å². The Kier molecular flexibility index (Phi) is 7.85. The summed E-state index contributed by atoms with van der Waals surface area (Å²) in [5.74, 6) is -0.295. The van der Waals surface area contributed by atoms with Gasteiger partial charge < -0.3 is 9.47 Å². The molecule has 0 radical (unpaired) electrons. The lowest BCUT2D eigenvalue weighted by molar-refractivity contribution is -0.137. The molecule has 7 heteroatoms. The third-order valence-electron chi connectivity index (χ3n) is 5.10. The van der Waals surface area contributed by atoms with Crippen LogP contribution in [0.2, 0.25) is 0 Å². The van der Waals surface area contributed by atoms with E-state index in [4.69, 9.17) is 21.7 Å². The quantitative estimate of drug-likeness (QED) is 0.205. The zero-order valence-electron chi connectivity index (χ0n) is 17.8. The van der Waals surface area contributed by atoms with Gasteiger partial charge in [-0.25, -0.2) is 0 Å². The zero-order valence-corrected chi connectivity index (χ0v) is 18.7. The van der Waals surface area contributed by atoms with E-state index in [2.05, 4.69) is 20.8 Å². The highest BCUT2D eigenvalue weighted by atomic mass is 32.1. The Morgan fingerprint density at radius 1 is 1.03 bits per heavy atom. The third-order valence-corrected chi connectivity index (χ3v) is 5.30. The first-order valence-corrected chi connectivity index (χ1v) is 10.2. The summed E-state index contributed by atoms with van der Waals surface area (Å²) in [5.41, 5.74) is 0.115. The van der Waals surface area contributed by atoms with E-state index in [-0.39, 0.29) is 34.2 Å². The van der Waals surface area contributed by atoms with Gasteiger partial charge in [0.05, 0.1) is 12.2 Å². The number of nitrogens with zero attached hydrogens (tertiary/aromatic N) is 1. The molecule has 0 amide bonds. The van der Waals surface area contributed by atoms with Crippen molar-refractivity contribution in [2.24, 2.45) is 0 Å². The number of alkyl halides is 3. The summed E-state index contributed by atoms with van der Waals surface area (Å²) in [5, 5.41) is 9.51. The maximum Gasteiger partial charge on any atom is 0.417 e. The van der Waals surface area contributed by atoms with E-state index in [0.717, 1.165) is 18.1 Å². The molecule has 0 aliphatic carbocycles. The number of nitriles is 1. The van der Waals surface area contributed by atoms with Gasteiger partial charge in [0.25, 0.3) is 0 Å². The summed E-state index contributed by atoms with van der Waals surface area (Å²) in [4.78, 5) is 0. The topological polar surface area (TPSA) is 42.2 Å². The van der Waals surface area contributed by atoms with Crippen molar-refractivity contribution in [3.63, 3.8) is 0 Å². The van der Waals surface area contributed by atoms with Gasteiger partial charge in [0.2, 0.25) is 0 Å². The van der Waals surface area contributed by atoms with Crippen molar-refractivity contribution in [3.05, 3.63) is 70.8 Å². The van der Waals surface area contributed by atoms with Crippen molar-refractivity contribution in [3.8, 4) is 6.07 Å². The van der Waals surface area contributed by atoms with Crippen LogP contribution >= 0.6 is 12.2 Å². The molecule has 3 nitrogen and oxygen atoms in total. The van der Waals surface area contributed by atoms with Crippen LogP contribution in [0, 0.1) is 11.3 Å². The van der Waals surface area contributed by atoms with Gasteiger partial charge in [-0.15, -0.1) is 0 Å². The monoisotopic (exact) mass is 447 g/mol. The first kappa shape index (κ1) is 24.4. The molecular formula is C24H24F3NO2S. The number of hydrogen-bond donors (Lipinski definition) is 0. The van der Waals surface area contributed by atoms with E-state index in [0.29, 0.717) is 5.56 Å². The molecule has 2 aromatic rings. The molecule has 0 aliphatic heterocycles. The molecule has 0 saturated carbocycles. The smallest absolute Gasteiger partial charge is 0.417 e. The van der Waals surface area contributed by atoms with E-state index in [1.54, 1.807) is 19.1 Å². The van der Waals surface area contributed by atoms with Crippen LogP contribution in [0.25, 0.3) is 11.3 Å². The van der Waals surface area contributed by atoms with E-state index >= 15 is 0 Å². The fourth-order valence-electron chi connectivity index (χ4n) is 2.94. The number of benzene rings is 2. The van der Waals surface area contributed by atoms with E-state index in [9.17, 15) is 18.4 Å². The highest BCUT2D eigenvalue weighted by molar-refractivity contribution is 7.79. The first-order chi connectivity index (χ1) is 14.5. The maximum atomic E-state index is 13.7. The molecule has 0 N–H and O–H groups in total. The van der Waals surface area contributed by atoms with Gasteiger partial charge in [-0.1, -0.05) is 63.2 Å². The lowest BCUT2D eigenvalue weighted by Gasteiger charge is -2.23. The Balaban J connectivity index is 2.72. The zero-order chi connectivity index (χ0) is 23.2. The van der Waals surface area contributed by atoms with Crippen LogP contribution in [-0.2, 0) is 21.1 Å². The molecule has 0 saturated heterocycles. The van der Waals surface area contributed by atoms with Gasteiger partial charge in [0.1, 0.15) is 11.6 Å². The van der Waals surface area contributed by atoms with Crippen LogP contribution in [0.1, 0.15) is 56.4 Å². The summed E-state index contributed by atoms with van der Waals surface area (Å²) in [6.45, 7) is 8.11. The molecule has 0 spiro atoms. The molecule has 31 heavy (non-hydrogen) atoms. The standard InChI is InChI=1S/C24H24F3NO2S/c1-5-23(3,4)17-13-11-16(12-14-17)19(15-28)21(30-22(31)29-6-2)18-9-7-8-10-20(18)24(25,26)27/h7-14H,5-6H2,1-4H3. The second kappa shape index (κ2) is 9.97. The van der Waals surface area contributed by atoms with Crippen LogP contribution in [0.3, 0.4) is 0 Å². The van der Waals surface area contributed by atoms with Crippen LogP contribution in [-0.4, -0.2) is 11.8 Å². The minimum absolute atomic E-state index is 0.0698. The molecule has 2 rings (SSSR count). The fourth-order valence-corrected chi connectivity index (χ4v) is 3.14. The largest absolute Gasteiger partial charge is 0.457 e. The normalized spacial score (nSPS) is 12.6. The number of halogens is 3. The molecule has 164 valence electrons. The van der Waals surface area contributed by atoms with Gasteiger partial charge in [0, 0.05) is 17.8 Å². The number of allylic oxidation sites excluding steroid dienone is 1. The average molecular weight is 448 g/mol. The molecule has 0 bridgehead atoms. The number of rotatable bonds is 6. The summed E-state index contributed by atoms with van der Waals surface area (Å²) in [7, 11) is 0. The Hall–Kier alpha value is -2.85. The number of thiocarbonyl (C=S) groups is 1. The lowest BCUT2D eigenvalue weighted by atomic mass is 9.81. The second-order valence-corrected chi connectivity index (χ2v) is 7.79. The predicted octanol–water partition coefficient (Wildman–Crippen LogP) is 7.12. The highest BCUT2D eigenvalue weighted by Gasteiger charge is 2.35. The molecule has 0 unspecified atom stereocenters. The van der Waals surface area contributed by atoms with Crippen LogP contribution in [0.15, 0.2) is 48.5 Å². The van der Waals surface area contributed by atoms with Crippen molar-refractivity contribution >= 4 is 28.8 Å². The van der Waals surface area contributed by atoms with Gasteiger partial charge in [0.15, 0.2) is 5.76 Å². The second-order valence-electron chi connectivity index (χ2n) is 7.46. The van der Waals surface area contributed by atoms with Gasteiger partial charge in [-0.05, 0) is 36.0 Å². The number of hydrogen-bond acceptors (Lipinski definition) is 4. The first-order valence-electron chi connectivity index (χ1n) is 9.81. The SMILES string of the molecule is CCOC(=S)OC(=C(C#N)c1ccc(C(C)(C)CC)cc1)c1ccccc1C(F)(F)F. The summed E-state index contributed by atoms with van der Waals surface area (Å²) in [6.07, 6.45) is -3.74. The minimum atomic E-state index is -4.64. The summed E-state index contributed by atoms with van der Waals surface area (Å²) >= 11 is 5.00. The Morgan fingerprint density at radius 3 is 2.16 bits per heavy atom. The molecular weight excluding hydrogens is 423 g/mol. The molecule has 0 heterocycles. The molecule has 0 aliphatic rings. The Bertz CT molecular complexity index is 1000. The molecule has 2 aromatic carbocycles. The maximum absolute atomic E-state index is 13.7. The minimum Gasteiger partial charge on any atom is -0.457 e. The van der Waals surface area contributed by atoms with Crippen molar-refractivity contribution < 1.29 is 22.6 Å². The van der Waals surface area contributed by atoms with Gasteiger partial charge >= 0.3 is 11.4 Å². The number of ether oxygens (including phenoxy) is 2. The van der Waals surface area contributed by atoms with Crippen LogP contribution in [0.4, 0.5) is 13.2 Å². The van der Waals surface area contributed by atoms with E-state index in [1.165, 1.54) is 18.2 Å². The predicted molar refractivity (Wildman–Crippen MR) is 119 cm³/mol. The average Bonchev–Trinajstić information content (AvgIpc) is 2.73. The van der Waals surface area contributed by atoms with Crippen molar-refractivity contribution in [1.29, 1.82) is 5.26 Å². The molecule has 0 aromatic heterocycles. The van der Waals surface area contributed by atoms with Gasteiger partial charge in [-0.2, -0.15) is 18.4 Å². The van der Waals surface area contributed by atoms with Crippen molar-refractivity contribution in [1.82, 2.24) is 0 Å². The lowest BCUT2D eigenvalue weighted by Crippen LogP contribution is -2.15. The van der Waals surface area contributed by atoms with Crippen molar-refractivity contribution in [2.75, 3.05) is 6.61 Å². The van der Waals surface area contributed by atoms with E-state index in [1.807, 2.05) is 18.2 Å². The Morgan fingerprint density at radius 2 is 1.65 bits per heavy atom. The molecule has 0 atom stereocenters. The van der Waals surface area contributed by atoms with E-state index < -0.39 is 11.7 Å². The highest BCUT2D eigenvalue weighted by Crippen LogP contribution is 2.38. The third kappa shape index (κ3) is 5.86. The summed E-state index contributed by atoms with van der Waals surface area (Å²) in [6, 6.07) is 14.0. The Labute approximate surface area is 186 Å². The van der Waals surface area contributed by atoms with Gasteiger partial charge in [-0.3, -0.25) is 0 Å². The molecule has 0 fully saturated rings.